The van der Waals surface area contributed by atoms with Gasteiger partial charge in [0.15, 0.2) is 0 Å². The highest BCUT2D eigenvalue weighted by Crippen LogP contribution is 2.31. The van der Waals surface area contributed by atoms with Gasteiger partial charge in [-0.1, -0.05) is 59.0 Å². The zero-order valence-corrected chi connectivity index (χ0v) is 15.2. The summed E-state index contributed by atoms with van der Waals surface area (Å²) in [6, 6.07) is 8.65. The van der Waals surface area contributed by atoms with Gasteiger partial charge in [0.2, 0.25) is 0 Å². The summed E-state index contributed by atoms with van der Waals surface area (Å²) < 4.78 is 1.15. The smallest absolute Gasteiger partial charge is 0.0175 e. The Morgan fingerprint density at radius 2 is 1.76 bits per heavy atom. The molecule has 1 nitrogen and oxygen atoms in total. The first kappa shape index (κ1) is 16.8. The Morgan fingerprint density at radius 1 is 1.14 bits per heavy atom. The molecule has 2 heteroatoms. The van der Waals surface area contributed by atoms with Crippen LogP contribution in [0.3, 0.4) is 0 Å². The van der Waals surface area contributed by atoms with E-state index in [1.54, 1.807) is 5.57 Å². The van der Waals surface area contributed by atoms with Crippen LogP contribution in [0.2, 0.25) is 0 Å². The third-order valence-electron chi connectivity index (χ3n) is 4.17. The van der Waals surface area contributed by atoms with E-state index in [0.717, 1.165) is 16.9 Å². The summed E-state index contributed by atoms with van der Waals surface area (Å²) in [5.41, 5.74) is 3.06. The average molecular weight is 350 g/mol. The molecule has 1 aromatic rings. The molecule has 116 valence electrons. The second kappa shape index (κ2) is 7.60. The van der Waals surface area contributed by atoms with Gasteiger partial charge in [-0.05, 0) is 57.2 Å². The first-order valence-corrected chi connectivity index (χ1v) is 8.94. The highest BCUT2D eigenvalue weighted by Gasteiger charge is 2.19. The van der Waals surface area contributed by atoms with Crippen molar-refractivity contribution in [3.05, 3.63) is 39.9 Å². The molecule has 0 bridgehead atoms. The average Bonchev–Trinajstić information content (AvgIpc) is 2.45. The molecule has 1 N–H and O–H groups in total. The fraction of sp³-hybridized carbons (Fsp3) is 0.579. The monoisotopic (exact) mass is 349 g/mol. The van der Waals surface area contributed by atoms with Gasteiger partial charge in [-0.15, -0.1) is 0 Å². The molecule has 0 atom stereocenters. The maximum atomic E-state index is 3.67. The molecular weight excluding hydrogens is 322 g/mol. The first-order chi connectivity index (χ1) is 9.94. The van der Waals surface area contributed by atoms with Crippen molar-refractivity contribution in [3.63, 3.8) is 0 Å². The summed E-state index contributed by atoms with van der Waals surface area (Å²) >= 11 is 3.51. The molecule has 21 heavy (non-hydrogen) atoms. The highest BCUT2D eigenvalue weighted by atomic mass is 79.9. The zero-order valence-electron chi connectivity index (χ0n) is 13.6. The predicted molar refractivity (Wildman–Crippen MR) is 96.4 cm³/mol. The number of rotatable bonds is 4. The summed E-state index contributed by atoms with van der Waals surface area (Å²) in [4.78, 5) is 0. The molecule has 0 aliphatic heterocycles. The van der Waals surface area contributed by atoms with Gasteiger partial charge in [0.05, 0.1) is 0 Å². The van der Waals surface area contributed by atoms with E-state index in [1.165, 1.54) is 37.7 Å². The minimum atomic E-state index is 0.174. The largest absolute Gasteiger partial charge is 0.308 e. The van der Waals surface area contributed by atoms with Gasteiger partial charge >= 0.3 is 0 Å². The summed E-state index contributed by atoms with van der Waals surface area (Å²) in [7, 11) is 0. The Bertz CT molecular complexity index is 461. The lowest BCUT2D eigenvalue weighted by atomic mass is 9.82. The van der Waals surface area contributed by atoms with Crippen molar-refractivity contribution >= 4 is 22.0 Å². The van der Waals surface area contributed by atoms with Gasteiger partial charge in [0.25, 0.3) is 0 Å². The van der Waals surface area contributed by atoms with Gasteiger partial charge < -0.3 is 5.32 Å². The third-order valence-corrected chi connectivity index (χ3v) is 4.70. The number of benzene rings is 1. The number of nitrogens with one attached hydrogen (secondary N) is 1. The van der Waals surface area contributed by atoms with E-state index in [1.807, 2.05) is 0 Å². The minimum Gasteiger partial charge on any atom is -0.308 e. The number of halogens is 1. The van der Waals surface area contributed by atoms with Crippen LogP contribution in [0.5, 0.6) is 0 Å². The van der Waals surface area contributed by atoms with Crippen molar-refractivity contribution in [3.8, 4) is 0 Å². The normalized spacial score (nSPS) is 18.0. The van der Waals surface area contributed by atoms with Crippen molar-refractivity contribution < 1.29 is 0 Å². The van der Waals surface area contributed by atoms with E-state index in [2.05, 4.69) is 72.4 Å². The second-order valence-corrected chi connectivity index (χ2v) is 8.12. The van der Waals surface area contributed by atoms with Crippen LogP contribution in [0.1, 0.15) is 58.4 Å². The molecular formula is C19H28BrN. The van der Waals surface area contributed by atoms with Crippen LogP contribution in [0.15, 0.2) is 34.3 Å². The summed E-state index contributed by atoms with van der Waals surface area (Å²) in [5.74, 6) is 0.761. The molecule has 2 rings (SSSR count). The van der Waals surface area contributed by atoms with Crippen molar-refractivity contribution in [1.82, 2.24) is 5.32 Å². The maximum Gasteiger partial charge on any atom is 0.0175 e. The lowest BCUT2D eigenvalue weighted by Gasteiger charge is -2.28. The van der Waals surface area contributed by atoms with Gasteiger partial charge in [0, 0.05) is 16.6 Å². The number of hydrogen-bond donors (Lipinski definition) is 1. The molecule has 0 amide bonds. The van der Waals surface area contributed by atoms with Gasteiger partial charge in [-0.2, -0.15) is 0 Å². The van der Waals surface area contributed by atoms with Gasteiger partial charge in [0.1, 0.15) is 0 Å². The van der Waals surface area contributed by atoms with E-state index in [0.29, 0.717) is 0 Å². The SMILES string of the molecule is CC(C)(C)NC/C(=C/c1ccc(Br)cc1)C1CCCCC1. The van der Waals surface area contributed by atoms with Crippen molar-refractivity contribution in [2.45, 2.75) is 58.4 Å². The van der Waals surface area contributed by atoms with Crippen LogP contribution in [0, 0.1) is 5.92 Å². The molecule has 0 aromatic heterocycles. The Balaban J connectivity index is 2.15. The van der Waals surface area contributed by atoms with Crippen molar-refractivity contribution in [2.75, 3.05) is 6.54 Å². The molecule has 0 spiro atoms. The molecule has 1 aromatic carbocycles. The third kappa shape index (κ3) is 5.96. The maximum absolute atomic E-state index is 3.67. The fourth-order valence-corrected chi connectivity index (χ4v) is 3.19. The molecule has 1 aliphatic rings. The summed E-state index contributed by atoms with van der Waals surface area (Å²) in [6.07, 6.45) is 9.30. The Hall–Kier alpha value is -0.600. The molecule has 1 aliphatic carbocycles. The predicted octanol–water partition coefficient (Wildman–Crippen LogP) is 5.80. The van der Waals surface area contributed by atoms with Crippen LogP contribution in [0.4, 0.5) is 0 Å². The lowest BCUT2D eigenvalue weighted by molar-refractivity contribution is 0.378. The molecule has 0 heterocycles. The molecule has 0 saturated heterocycles. The van der Waals surface area contributed by atoms with Crippen LogP contribution >= 0.6 is 15.9 Å². The zero-order chi connectivity index (χ0) is 15.3. The Labute approximate surface area is 138 Å². The van der Waals surface area contributed by atoms with Gasteiger partial charge in [-0.3, -0.25) is 0 Å². The quantitative estimate of drug-likeness (QED) is 0.723. The second-order valence-electron chi connectivity index (χ2n) is 7.21. The van der Waals surface area contributed by atoms with E-state index < -0.39 is 0 Å². The van der Waals surface area contributed by atoms with Crippen molar-refractivity contribution in [1.29, 1.82) is 0 Å². The summed E-state index contributed by atoms with van der Waals surface area (Å²) in [5, 5.41) is 3.67. The summed E-state index contributed by atoms with van der Waals surface area (Å²) in [6.45, 7) is 7.73. The van der Waals surface area contributed by atoms with Crippen LogP contribution < -0.4 is 5.32 Å². The van der Waals surface area contributed by atoms with E-state index >= 15 is 0 Å². The van der Waals surface area contributed by atoms with E-state index in [4.69, 9.17) is 0 Å². The van der Waals surface area contributed by atoms with Crippen molar-refractivity contribution in [2.24, 2.45) is 5.92 Å². The van der Waals surface area contributed by atoms with Crippen LogP contribution in [0.25, 0.3) is 6.08 Å². The lowest BCUT2D eigenvalue weighted by Crippen LogP contribution is -2.38. The topological polar surface area (TPSA) is 12.0 Å². The molecule has 0 unspecified atom stereocenters. The van der Waals surface area contributed by atoms with E-state index in [-0.39, 0.29) is 5.54 Å². The fourth-order valence-electron chi connectivity index (χ4n) is 2.93. The Kier molecular flexibility index (Phi) is 6.07. The Morgan fingerprint density at radius 3 is 2.33 bits per heavy atom. The van der Waals surface area contributed by atoms with Gasteiger partial charge in [-0.25, -0.2) is 0 Å². The van der Waals surface area contributed by atoms with Crippen LogP contribution in [-0.2, 0) is 0 Å². The first-order valence-electron chi connectivity index (χ1n) is 8.15. The molecule has 0 radical (unpaired) electrons. The molecule has 1 fully saturated rings. The highest BCUT2D eigenvalue weighted by molar-refractivity contribution is 9.10. The minimum absolute atomic E-state index is 0.174. The standard InChI is InChI=1S/C19H28BrN/c1-19(2,3)21-14-17(16-7-5-4-6-8-16)13-15-9-11-18(20)12-10-15/h9-13,16,21H,4-8,14H2,1-3H3/b17-13-. The number of hydrogen-bond acceptors (Lipinski definition) is 1. The van der Waals surface area contributed by atoms with E-state index in [9.17, 15) is 0 Å². The van der Waals surface area contributed by atoms with Crippen LogP contribution in [-0.4, -0.2) is 12.1 Å². The molecule has 1 saturated carbocycles.